The number of carboxylic acid groups (broad SMARTS) is 1. The lowest BCUT2D eigenvalue weighted by Crippen LogP contribution is -2.36. The van der Waals surface area contributed by atoms with Crippen LogP contribution in [0.1, 0.15) is 0 Å². The maximum atomic E-state index is 12.2. The summed E-state index contributed by atoms with van der Waals surface area (Å²) in [6, 6.07) is 11.5. The lowest BCUT2D eigenvalue weighted by molar-refractivity contribution is -0.123. The molecule has 0 aliphatic carbocycles. The number of aromatic nitrogens is 4. The zero-order chi connectivity index (χ0) is 23.8. The number of nitrogens with zero attached hydrogens (tertiary/aromatic N) is 4. The van der Waals surface area contributed by atoms with E-state index in [1.54, 1.807) is 42.1 Å². The molecule has 0 fully saturated rings. The Morgan fingerprint density at radius 3 is 2.55 bits per heavy atom. The van der Waals surface area contributed by atoms with Crippen molar-refractivity contribution in [2.24, 2.45) is 0 Å². The number of rotatable bonds is 4. The van der Waals surface area contributed by atoms with Crippen LogP contribution >= 0.6 is 0 Å². The van der Waals surface area contributed by atoms with Crippen LogP contribution in [0.3, 0.4) is 0 Å². The van der Waals surface area contributed by atoms with Gasteiger partial charge in [-0.3, -0.25) is 9.20 Å². The Bertz CT molecular complexity index is 1240. The van der Waals surface area contributed by atoms with Crippen LogP contribution in [0, 0.1) is 0 Å². The van der Waals surface area contributed by atoms with E-state index in [4.69, 9.17) is 9.90 Å². The van der Waals surface area contributed by atoms with Crippen molar-refractivity contribution in [3.63, 3.8) is 0 Å². The van der Waals surface area contributed by atoms with Gasteiger partial charge in [-0.2, -0.15) is 23.4 Å². The zero-order valence-electron chi connectivity index (χ0n) is 16.8. The quantitative estimate of drug-likeness (QED) is 0.400. The van der Waals surface area contributed by atoms with Gasteiger partial charge in [-0.15, -0.1) is 0 Å². The molecule has 4 aromatic rings. The molecule has 4 rings (SSSR count). The molecule has 3 heterocycles. The average molecular weight is 458 g/mol. The van der Waals surface area contributed by atoms with Crippen LogP contribution in [0.15, 0.2) is 67.3 Å². The molecular weight excluding hydrogens is 441 g/mol. The van der Waals surface area contributed by atoms with E-state index in [-0.39, 0.29) is 6.47 Å². The molecule has 0 atom stereocenters. The summed E-state index contributed by atoms with van der Waals surface area (Å²) in [5.41, 5.74) is 4.43. The fourth-order valence-corrected chi connectivity index (χ4v) is 2.95. The van der Waals surface area contributed by atoms with Gasteiger partial charge in [0.15, 0.2) is 0 Å². The number of nitrogens with one attached hydrogen (secondary N) is 2. The smallest absolute Gasteiger partial charge is 0.405 e. The third kappa shape index (κ3) is 6.26. The van der Waals surface area contributed by atoms with Crippen molar-refractivity contribution in [3.05, 3.63) is 67.3 Å². The molecule has 0 unspecified atom stereocenters. The summed E-state index contributed by atoms with van der Waals surface area (Å²) in [6.07, 6.45) is 2.35. The molecule has 2 amide bonds. The first kappa shape index (κ1) is 23.2. The number of benzene rings is 1. The van der Waals surface area contributed by atoms with Crippen LogP contribution in [0.4, 0.5) is 23.7 Å². The molecule has 170 valence electrons. The Hall–Kier alpha value is -4.48. The minimum absolute atomic E-state index is 0.250. The van der Waals surface area contributed by atoms with Crippen molar-refractivity contribution in [2.75, 3.05) is 11.9 Å². The summed E-state index contributed by atoms with van der Waals surface area (Å²) in [4.78, 5) is 24.5. The number of carbonyl (C=O) groups is 2. The van der Waals surface area contributed by atoms with Gasteiger partial charge in [-0.1, -0.05) is 12.1 Å². The molecule has 0 aliphatic heterocycles. The number of imidazole rings is 1. The number of anilines is 1. The minimum Gasteiger partial charge on any atom is -0.483 e. The fraction of sp³-hybridized carbons (Fsp3) is 0.0952. The topological polar surface area (TPSA) is 122 Å². The highest BCUT2D eigenvalue weighted by Crippen LogP contribution is 2.26. The molecule has 12 heteroatoms. The first-order valence-corrected chi connectivity index (χ1v) is 9.35. The molecule has 9 nitrogen and oxygen atoms in total. The Balaban J connectivity index is 0.000000968. The van der Waals surface area contributed by atoms with Crippen LogP contribution < -0.4 is 10.6 Å². The number of urea groups is 1. The third-order valence-electron chi connectivity index (χ3n) is 4.30. The van der Waals surface area contributed by atoms with Crippen molar-refractivity contribution < 1.29 is 27.9 Å². The maximum absolute atomic E-state index is 12.2. The van der Waals surface area contributed by atoms with Crippen molar-refractivity contribution in [1.82, 2.24) is 24.9 Å². The number of hydrogen-bond acceptors (Lipinski definition) is 5. The summed E-state index contributed by atoms with van der Waals surface area (Å²) in [5, 5.41) is 18.7. The molecule has 3 N–H and O–H groups in total. The summed E-state index contributed by atoms with van der Waals surface area (Å²) >= 11 is 0. The molecule has 0 spiro atoms. The third-order valence-corrected chi connectivity index (χ3v) is 4.30. The summed E-state index contributed by atoms with van der Waals surface area (Å²) in [6.45, 7) is -1.65. The molecule has 0 aliphatic rings. The van der Waals surface area contributed by atoms with E-state index in [1.807, 2.05) is 34.9 Å². The highest BCUT2D eigenvalue weighted by molar-refractivity contribution is 5.90. The summed E-state index contributed by atoms with van der Waals surface area (Å²) < 4.78 is 38.6. The van der Waals surface area contributed by atoms with Crippen LogP contribution in [-0.4, -0.2) is 49.9 Å². The van der Waals surface area contributed by atoms with E-state index in [0.717, 1.165) is 22.4 Å². The normalized spacial score (nSPS) is 10.8. The number of pyridine rings is 1. The van der Waals surface area contributed by atoms with Crippen molar-refractivity contribution in [2.45, 2.75) is 6.18 Å². The number of hydrogen-bond donors (Lipinski definition) is 3. The second-order valence-electron chi connectivity index (χ2n) is 6.53. The molecule has 0 saturated carbocycles. The van der Waals surface area contributed by atoms with Gasteiger partial charge in [0.25, 0.3) is 6.47 Å². The van der Waals surface area contributed by atoms with E-state index in [9.17, 15) is 18.0 Å². The Morgan fingerprint density at radius 2 is 1.85 bits per heavy atom. The van der Waals surface area contributed by atoms with E-state index in [2.05, 4.69) is 20.5 Å². The van der Waals surface area contributed by atoms with Gasteiger partial charge < -0.3 is 15.7 Å². The Morgan fingerprint density at radius 1 is 1.06 bits per heavy atom. The standard InChI is InChI=1S/C20H15F3N6O.CH2O2/c21-20(22,23)12-25-19(30)28-16-3-1-2-14(8-16)17-11-24-18-9-13(5-7-29(17)18)15-4-6-26-27-10-15;2-1-3/h1-11H,12H2,(H2,25,28,30);1H,(H,2,3). The monoisotopic (exact) mass is 458 g/mol. The SMILES string of the molecule is O=C(NCC(F)(F)F)Nc1cccc(-c2cnc3cc(-c4ccnnc4)ccn23)c1.O=CO. The van der Waals surface area contributed by atoms with Gasteiger partial charge in [0.05, 0.1) is 24.3 Å². The fourth-order valence-electron chi connectivity index (χ4n) is 2.95. The van der Waals surface area contributed by atoms with Crippen LogP contribution in [0.5, 0.6) is 0 Å². The van der Waals surface area contributed by atoms with E-state index < -0.39 is 18.8 Å². The predicted molar refractivity (Wildman–Crippen MR) is 113 cm³/mol. The molecular formula is C21H17F3N6O3. The zero-order valence-corrected chi connectivity index (χ0v) is 16.8. The Kier molecular flexibility index (Phi) is 7.18. The first-order valence-electron chi connectivity index (χ1n) is 9.35. The van der Waals surface area contributed by atoms with Crippen molar-refractivity contribution in [3.8, 4) is 22.4 Å². The minimum atomic E-state index is -4.47. The van der Waals surface area contributed by atoms with Gasteiger partial charge in [-0.05, 0) is 35.9 Å². The number of amides is 2. The molecule has 1 aromatic carbocycles. The number of fused-ring (bicyclic) bond motifs is 1. The van der Waals surface area contributed by atoms with Gasteiger partial charge >= 0.3 is 12.2 Å². The van der Waals surface area contributed by atoms with Crippen LogP contribution in [0.25, 0.3) is 28.0 Å². The summed E-state index contributed by atoms with van der Waals surface area (Å²) in [7, 11) is 0. The predicted octanol–water partition coefficient (Wildman–Crippen LogP) is 3.84. The van der Waals surface area contributed by atoms with Gasteiger partial charge in [-0.25, -0.2) is 9.78 Å². The maximum Gasteiger partial charge on any atom is 0.405 e. The molecule has 0 saturated heterocycles. The van der Waals surface area contributed by atoms with Gasteiger partial charge in [0.1, 0.15) is 12.2 Å². The highest BCUT2D eigenvalue weighted by atomic mass is 19.4. The van der Waals surface area contributed by atoms with Gasteiger partial charge in [0, 0.05) is 23.0 Å². The van der Waals surface area contributed by atoms with Gasteiger partial charge in [0.2, 0.25) is 0 Å². The molecule has 3 aromatic heterocycles. The summed E-state index contributed by atoms with van der Waals surface area (Å²) in [5.74, 6) is 0. The average Bonchev–Trinajstić information content (AvgIpc) is 3.22. The van der Waals surface area contributed by atoms with Crippen LogP contribution in [-0.2, 0) is 4.79 Å². The second-order valence-corrected chi connectivity index (χ2v) is 6.53. The number of carbonyl (C=O) groups excluding carboxylic acids is 1. The van der Waals surface area contributed by atoms with Crippen molar-refractivity contribution in [1.29, 1.82) is 0 Å². The second kappa shape index (κ2) is 10.2. The largest absolute Gasteiger partial charge is 0.483 e. The number of alkyl halides is 3. The Labute approximate surface area is 184 Å². The molecule has 0 radical (unpaired) electrons. The van der Waals surface area contributed by atoms with Crippen molar-refractivity contribution >= 4 is 23.8 Å². The molecule has 0 bridgehead atoms. The number of halogens is 3. The molecule has 33 heavy (non-hydrogen) atoms. The highest BCUT2D eigenvalue weighted by Gasteiger charge is 2.27. The van der Waals surface area contributed by atoms with E-state index >= 15 is 0 Å². The lowest BCUT2D eigenvalue weighted by Gasteiger charge is -2.11. The lowest BCUT2D eigenvalue weighted by atomic mass is 10.1. The first-order chi connectivity index (χ1) is 15.8. The van der Waals surface area contributed by atoms with E-state index in [0.29, 0.717) is 11.3 Å². The van der Waals surface area contributed by atoms with Crippen LogP contribution in [0.2, 0.25) is 0 Å². The van der Waals surface area contributed by atoms with E-state index in [1.165, 1.54) is 0 Å².